The molecule has 3 fully saturated rings. The summed E-state index contributed by atoms with van der Waals surface area (Å²) in [4.78, 5) is 58.4. The Kier molecular flexibility index (Phi) is 9.05. The molecule has 14 nitrogen and oxygen atoms in total. The van der Waals surface area contributed by atoms with Crippen LogP contribution in [0.5, 0.6) is 11.5 Å². The molecule has 3 N–H and O–H groups in total. The van der Waals surface area contributed by atoms with E-state index in [0.717, 1.165) is 42.1 Å². The topological polar surface area (TPSA) is 182 Å². The van der Waals surface area contributed by atoms with Crippen LogP contribution < -0.4 is 24.8 Å². The Morgan fingerprint density at radius 3 is 2.65 bits per heavy atom. The number of hydrogen-bond donors (Lipinski definition) is 3. The molecule has 286 valence electrons. The smallest absolute Gasteiger partial charge is 0.259 e. The van der Waals surface area contributed by atoms with Gasteiger partial charge in [0.25, 0.3) is 5.91 Å². The van der Waals surface area contributed by atoms with Crippen molar-refractivity contribution in [2.24, 2.45) is 5.92 Å². The first-order chi connectivity index (χ1) is 25.9. The predicted molar refractivity (Wildman–Crippen MR) is 200 cm³/mol. The van der Waals surface area contributed by atoms with Gasteiger partial charge in [0.1, 0.15) is 34.7 Å². The Labute approximate surface area is 314 Å². The van der Waals surface area contributed by atoms with Crippen molar-refractivity contribution in [3.63, 3.8) is 0 Å². The van der Waals surface area contributed by atoms with Crippen LogP contribution in [0.2, 0.25) is 0 Å². The Hall–Kier alpha value is -4.79. The standard InChI is InChI=1S/C39H47N7O7S/c1-24-32-27(28-20-26(52-3)12-13-29(28)42-24)14-15-38(53-32)22-31-33(47)44-39(35(49)45-54(50,51)37(2)16-17-37)21-25(39)10-7-5-4-6-8-11-30(34(48)46(31)23-38)43-36-40-18-9-19-41-36/h7,9-10,12-13,18-20,25,30-31H,4-6,8,11,14-17,21-23H2,1-3H3,(H,44,47)(H,45,49)(H,40,41,43)/t25-,30+,31+,38-,39-/m1/s1. The van der Waals surface area contributed by atoms with Crippen molar-refractivity contribution in [1.82, 2.24) is 29.9 Å². The number of carbonyl (C=O) groups is 3. The number of fused-ring (bicyclic) bond motifs is 5. The molecule has 8 rings (SSSR count). The van der Waals surface area contributed by atoms with E-state index in [9.17, 15) is 22.8 Å². The Balaban J connectivity index is 1.15. The van der Waals surface area contributed by atoms with Gasteiger partial charge in [0.05, 0.1) is 29.6 Å². The van der Waals surface area contributed by atoms with E-state index in [1.165, 1.54) is 0 Å². The number of nitrogens with zero attached hydrogens (tertiary/aromatic N) is 4. The molecule has 3 aromatic rings. The first-order valence-electron chi connectivity index (χ1n) is 18.9. The van der Waals surface area contributed by atoms with E-state index in [1.807, 2.05) is 37.3 Å². The number of nitrogens with one attached hydrogen (secondary N) is 3. The zero-order valence-corrected chi connectivity index (χ0v) is 31.7. The van der Waals surface area contributed by atoms with Crippen LogP contribution in [0, 0.1) is 12.8 Å². The summed E-state index contributed by atoms with van der Waals surface area (Å²) in [6.45, 7) is 3.64. The van der Waals surface area contributed by atoms with Crippen molar-refractivity contribution in [3.8, 4) is 11.5 Å². The fourth-order valence-corrected chi connectivity index (χ4v) is 9.64. The van der Waals surface area contributed by atoms with Crippen molar-refractivity contribution in [2.45, 2.75) is 112 Å². The molecule has 2 aromatic heterocycles. The summed E-state index contributed by atoms with van der Waals surface area (Å²) in [6, 6.07) is 5.71. The number of ether oxygens (including phenoxy) is 2. The number of allylic oxidation sites excluding steroid dienone is 1. The molecule has 1 saturated heterocycles. The van der Waals surface area contributed by atoms with Crippen LogP contribution in [-0.4, -0.2) is 87.6 Å². The maximum atomic E-state index is 14.8. The first kappa shape index (κ1) is 36.2. The van der Waals surface area contributed by atoms with Crippen LogP contribution in [0.15, 0.2) is 48.8 Å². The van der Waals surface area contributed by atoms with Gasteiger partial charge in [-0.3, -0.25) is 19.1 Å². The molecular formula is C39H47N7O7S. The van der Waals surface area contributed by atoms with E-state index < -0.39 is 55.7 Å². The van der Waals surface area contributed by atoms with E-state index in [1.54, 1.807) is 37.4 Å². The normalized spacial score (nSPS) is 29.1. The molecule has 2 aliphatic carbocycles. The van der Waals surface area contributed by atoms with Crippen LogP contribution in [0.3, 0.4) is 0 Å². The van der Waals surface area contributed by atoms with Gasteiger partial charge < -0.3 is 25.0 Å². The summed E-state index contributed by atoms with van der Waals surface area (Å²) in [6.07, 6.45) is 13.3. The number of benzene rings is 1. The molecule has 1 spiro atoms. The highest BCUT2D eigenvalue weighted by Crippen LogP contribution is 2.49. The van der Waals surface area contributed by atoms with Crippen molar-refractivity contribution < 1.29 is 32.3 Å². The van der Waals surface area contributed by atoms with Crippen LogP contribution in [0.4, 0.5) is 5.95 Å². The molecule has 1 aromatic carbocycles. The number of hydrogen-bond acceptors (Lipinski definition) is 11. The fourth-order valence-electron chi connectivity index (χ4n) is 8.33. The summed E-state index contributed by atoms with van der Waals surface area (Å²) in [5.41, 5.74) is 0.135. The summed E-state index contributed by atoms with van der Waals surface area (Å²) < 4.78 is 40.1. The molecule has 0 bridgehead atoms. The second kappa shape index (κ2) is 13.5. The summed E-state index contributed by atoms with van der Waals surface area (Å²) >= 11 is 0. The largest absolute Gasteiger partial charge is 0.497 e. The van der Waals surface area contributed by atoms with Gasteiger partial charge in [-0.15, -0.1) is 0 Å². The molecule has 5 atom stereocenters. The number of aromatic nitrogens is 3. The van der Waals surface area contributed by atoms with E-state index >= 15 is 0 Å². The average Bonchev–Trinajstić information content (AvgIpc) is 4.05. The minimum Gasteiger partial charge on any atom is -0.497 e. The monoisotopic (exact) mass is 757 g/mol. The summed E-state index contributed by atoms with van der Waals surface area (Å²) in [5.74, 6) is -0.326. The minimum atomic E-state index is -3.96. The average molecular weight is 758 g/mol. The quantitative estimate of drug-likeness (QED) is 0.311. The third kappa shape index (κ3) is 6.53. The molecule has 54 heavy (non-hydrogen) atoms. The second-order valence-corrected chi connectivity index (χ2v) is 18.0. The second-order valence-electron chi connectivity index (χ2n) is 15.9. The van der Waals surface area contributed by atoms with Gasteiger partial charge in [-0.1, -0.05) is 25.0 Å². The summed E-state index contributed by atoms with van der Waals surface area (Å²) in [5, 5.41) is 7.15. The van der Waals surface area contributed by atoms with Crippen molar-refractivity contribution in [1.29, 1.82) is 0 Å². The molecule has 5 aliphatic rings. The molecule has 0 radical (unpaired) electrons. The number of aryl methyl sites for hydroxylation is 2. The lowest BCUT2D eigenvalue weighted by atomic mass is 9.87. The van der Waals surface area contributed by atoms with Crippen molar-refractivity contribution in [2.75, 3.05) is 19.0 Å². The number of amides is 3. The Morgan fingerprint density at radius 2 is 1.89 bits per heavy atom. The lowest BCUT2D eigenvalue weighted by molar-refractivity contribution is -0.140. The third-order valence-corrected chi connectivity index (χ3v) is 14.2. The number of pyridine rings is 1. The van der Waals surface area contributed by atoms with Crippen molar-refractivity contribution in [3.05, 3.63) is 60.1 Å². The third-order valence-electron chi connectivity index (χ3n) is 12.0. The zero-order chi connectivity index (χ0) is 37.9. The fraction of sp³-hybridized carbons (Fsp3) is 0.538. The first-order valence-corrected chi connectivity index (χ1v) is 20.4. The molecule has 3 amide bonds. The highest BCUT2D eigenvalue weighted by molar-refractivity contribution is 7.91. The van der Waals surface area contributed by atoms with E-state index in [4.69, 9.17) is 14.5 Å². The molecule has 0 unspecified atom stereocenters. The summed E-state index contributed by atoms with van der Waals surface area (Å²) in [7, 11) is -2.34. The van der Waals surface area contributed by atoms with Gasteiger partial charge in [-0.2, -0.15) is 0 Å². The van der Waals surface area contributed by atoms with Crippen LogP contribution in [-0.2, 0) is 30.8 Å². The van der Waals surface area contributed by atoms with E-state index in [2.05, 4.69) is 25.3 Å². The van der Waals surface area contributed by atoms with Gasteiger partial charge in [0.2, 0.25) is 27.8 Å². The molecule has 5 heterocycles. The maximum Gasteiger partial charge on any atom is 0.259 e. The van der Waals surface area contributed by atoms with E-state index in [0.29, 0.717) is 55.2 Å². The number of methoxy groups -OCH3 is 1. The predicted octanol–water partition coefficient (Wildman–Crippen LogP) is 3.88. The lowest BCUT2D eigenvalue weighted by Gasteiger charge is -2.36. The van der Waals surface area contributed by atoms with Gasteiger partial charge in [-0.05, 0) is 89.5 Å². The number of anilines is 1. The zero-order valence-electron chi connectivity index (χ0n) is 30.9. The van der Waals surface area contributed by atoms with Crippen LogP contribution in [0.25, 0.3) is 10.9 Å². The Morgan fingerprint density at radius 1 is 1.09 bits per heavy atom. The lowest BCUT2D eigenvalue weighted by Crippen LogP contribution is -2.58. The minimum absolute atomic E-state index is 0.127. The van der Waals surface area contributed by atoms with Gasteiger partial charge in [0, 0.05) is 35.7 Å². The number of sulfonamides is 1. The van der Waals surface area contributed by atoms with Crippen LogP contribution >= 0.6 is 0 Å². The molecular weight excluding hydrogens is 711 g/mol. The molecule has 2 saturated carbocycles. The Bertz CT molecular complexity index is 2140. The highest BCUT2D eigenvalue weighted by Gasteiger charge is 2.64. The van der Waals surface area contributed by atoms with Crippen molar-refractivity contribution >= 4 is 44.6 Å². The number of rotatable bonds is 6. The number of carbonyl (C=O) groups excluding carboxylic acids is 3. The van der Waals surface area contributed by atoms with E-state index in [-0.39, 0.29) is 25.3 Å². The highest BCUT2D eigenvalue weighted by atomic mass is 32.2. The molecule has 15 heteroatoms. The molecule has 3 aliphatic heterocycles. The SMILES string of the molecule is COc1ccc2nc(C)c3c(c2c1)CC[C@]1(C[C@H]2C(=O)N[C@]4(C(=O)NS(=O)(=O)C5(C)CC5)C[C@H]4C=CCCCCC[C@H](Nc4ncccn4)C(=O)N2C1)O3. The van der Waals surface area contributed by atoms with Gasteiger partial charge in [0.15, 0.2) is 0 Å². The van der Waals surface area contributed by atoms with Gasteiger partial charge in [-0.25, -0.2) is 23.4 Å². The van der Waals surface area contributed by atoms with Gasteiger partial charge >= 0.3 is 0 Å². The maximum absolute atomic E-state index is 14.8. The van der Waals surface area contributed by atoms with Crippen LogP contribution in [0.1, 0.15) is 82.4 Å².